The van der Waals surface area contributed by atoms with E-state index in [4.69, 9.17) is 0 Å². The summed E-state index contributed by atoms with van der Waals surface area (Å²) < 4.78 is 15.4. The van der Waals surface area contributed by atoms with E-state index in [2.05, 4.69) is 20.3 Å². The van der Waals surface area contributed by atoms with Gasteiger partial charge in [0.25, 0.3) is 5.56 Å². The van der Waals surface area contributed by atoms with Crippen molar-refractivity contribution in [3.63, 3.8) is 0 Å². The fraction of sp³-hybridized carbons (Fsp3) is 0.280. The van der Waals surface area contributed by atoms with E-state index in [1.165, 1.54) is 28.0 Å². The third-order valence-electron chi connectivity index (χ3n) is 6.08. The maximum atomic E-state index is 14.2. The van der Waals surface area contributed by atoms with Gasteiger partial charge in [-0.2, -0.15) is 9.61 Å². The average molecular weight is 493 g/mol. The number of hydrogen-bond donors (Lipinski definition) is 1. The van der Waals surface area contributed by atoms with Crippen molar-refractivity contribution in [3.05, 3.63) is 81.5 Å². The Bertz CT molecular complexity index is 1460. The van der Waals surface area contributed by atoms with Crippen molar-refractivity contribution in [2.45, 2.75) is 20.4 Å². The van der Waals surface area contributed by atoms with Crippen LogP contribution in [0.1, 0.15) is 16.8 Å². The van der Waals surface area contributed by atoms with Crippen molar-refractivity contribution in [2.75, 3.05) is 31.5 Å². The number of halogens is 1. The smallest absolute Gasteiger partial charge is 0.321 e. The van der Waals surface area contributed by atoms with Crippen molar-refractivity contribution in [2.24, 2.45) is 0 Å². The molecule has 1 fully saturated rings. The molecule has 0 spiro atoms. The highest BCUT2D eigenvalue weighted by Crippen LogP contribution is 2.26. The molecule has 0 bridgehead atoms. The summed E-state index contributed by atoms with van der Waals surface area (Å²) in [6.45, 7) is 6.96. The van der Waals surface area contributed by atoms with Crippen LogP contribution in [0.4, 0.5) is 14.9 Å². The predicted octanol–water partition coefficient (Wildman–Crippen LogP) is 3.92. The highest BCUT2D eigenvalue weighted by molar-refractivity contribution is 7.19. The number of carbonyl (C=O) groups is 1. The lowest BCUT2D eigenvalue weighted by Crippen LogP contribution is -2.49. The molecule has 0 atom stereocenters. The standard InChI is InChI=1S/C25H25FN6O2S/c1-16-7-8-17(2)21(13-16)28-24(34)31-11-9-30(10-12-31)15-18-14-22(33)32-25(27-18)35-23(29-32)19-5-3-4-6-20(19)26/h3-8,13-14H,9-12,15H2,1-2H3,(H,28,34). The highest BCUT2D eigenvalue weighted by Gasteiger charge is 2.22. The minimum atomic E-state index is -0.390. The zero-order valence-corrected chi connectivity index (χ0v) is 20.3. The lowest BCUT2D eigenvalue weighted by Gasteiger charge is -2.34. The van der Waals surface area contributed by atoms with Crippen LogP contribution in [0.3, 0.4) is 0 Å². The van der Waals surface area contributed by atoms with E-state index in [9.17, 15) is 14.0 Å². The Balaban J connectivity index is 1.24. The lowest BCUT2D eigenvalue weighted by molar-refractivity contribution is 0.142. The topological polar surface area (TPSA) is 82.8 Å². The number of piperazine rings is 1. The number of aryl methyl sites for hydroxylation is 2. The quantitative estimate of drug-likeness (QED) is 0.467. The van der Waals surface area contributed by atoms with Gasteiger partial charge in [0.1, 0.15) is 5.82 Å². The zero-order chi connectivity index (χ0) is 24.5. The second-order valence-corrected chi connectivity index (χ2v) is 9.63. The molecule has 5 rings (SSSR count). The summed E-state index contributed by atoms with van der Waals surface area (Å²) in [7, 11) is 0. The van der Waals surface area contributed by atoms with Gasteiger partial charge in [-0.1, -0.05) is 35.6 Å². The van der Waals surface area contributed by atoms with Crippen LogP contribution in [0.5, 0.6) is 0 Å². The molecular weight excluding hydrogens is 467 g/mol. The van der Waals surface area contributed by atoms with E-state index < -0.39 is 0 Å². The minimum absolute atomic E-state index is 0.110. The Hall–Kier alpha value is -3.63. The first kappa shape index (κ1) is 23.1. The van der Waals surface area contributed by atoms with E-state index in [-0.39, 0.29) is 17.4 Å². The van der Waals surface area contributed by atoms with E-state index in [0.717, 1.165) is 16.8 Å². The Kier molecular flexibility index (Phi) is 6.31. The number of fused-ring (bicyclic) bond motifs is 1. The molecule has 0 saturated carbocycles. The summed E-state index contributed by atoms with van der Waals surface area (Å²) >= 11 is 1.18. The van der Waals surface area contributed by atoms with Crippen LogP contribution in [-0.4, -0.2) is 56.6 Å². The number of amides is 2. The summed E-state index contributed by atoms with van der Waals surface area (Å²) in [5.41, 5.74) is 3.63. The van der Waals surface area contributed by atoms with Gasteiger partial charge in [0.05, 0.1) is 5.69 Å². The Morgan fingerprint density at radius 1 is 1.09 bits per heavy atom. The molecule has 1 N–H and O–H groups in total. The number of aromatic nitrogens is 3. The number of anilines is 1. The molecule has 0 aliphatic carbocycles. The van der Waals surface area contributed by atoms with Crippen LogP contribution in [-0.2, 0) is 6.54 Å². The lowest BCUT2D eigenvalue weighted by atomic mass is 10.1. The van der Waals surface area contributed by atoms with Gasteiger partial charge < -0.3 is 10.2 Å². The molecule has 0 radical (unpaired) electrons. The third-order valence-corrected chi connectivity index (χ3v) is 7.02. The van der Waals surface area contributed by atoms with Gasteiger partial charge in [0.2, 0.25) is 4.96 Å². The molecule has 3 heterocycles. The number of urea groups is 1. The van der Waals surface area contributed by atoms with Crippen LogP contribution in [0.15, 0.2) is 53.3 Å². The third kappa shape index (κ3) is 4.94. The number of nitrogens with zero attached hydrogens (tertiary/aromatic N) is 5. The number of rotatable bonds is 4. The van der Waals surface area contributed by atoms with E-state index in [1.807, 2.05) is 32.0 Å². The largest absolute Gasteiger partial charge is 0.322 e. The first-order valence-corrected chi connectivity index (χ1v) is 12.2. The number of benzene rings is 2. The first-order valence-electron chi connectivity index (χ1n) is 11.4. The summed E-state index contributed by atoms with van der Waals surface area (Å²) in [5, 5.41) is 7.68. The fourth-order valence-corrected chi connectivity index (χ4v) is 5.03. The first-order chi connectivity index (χ1) is 16.9. The molecule has 2 amide bonds. The summed E-state index contributed by atoms with van der Waals surface area (Å²) in [4.78, 5) is 34.4. The van der Waals surface area contributed by atoms with Gasteiger partial charge in [-0.3, -0.25) is 9.69 Å². The second-order valence-electron chi connectivity index (χ2n) is 8.68. The molecule has 4 aromatic rings. The van der Waals surface area contributed by atoms with Crippen LogP contribution < -0.4 is 10.9 Å². The average Bonchev–Trinajstić information content (AvgIpc) is 3.27. The Morgan fingerprint density at radius 2 is 1.86 bits per heavy atom. The molecule has 10 heteroatoms. The van der Waals surface area contributed by atoms with E-state index in [0.29, 0.717) is 53.9 Å². The van der Waals surface area contributed by atoms with Crippen LogP contribution >= 0.6 is 11.3 Å². The van der Waals surface area contributed by atoms with Gasteiger partial charge in [-0.05, 0) is 43.2 Å². The van der Waals surface area contributed by atoms with Gasteiger partial charge in [0, 0.05) is 50.0 Å². The number of hydrogen-bond acceptors (Lipinski definition) is 6. The van der Waals surface area contributed by atoms with Crippen LogP contribution in [0, 0.1) is 19.7 Å². The zero-order valence-electron chi connectivity index (χ0n) is 19.5. The van der Waals surface area contributed by atoms with E-state index >= 15 is 0 Å². The van der Waals surface area contributed by atoms with Crippen LogP contribution in [0.25, 0.3) is 15.5 Å². The number of nitrogens with one attached hydrogen (secondary N) is 1. The maximum Gasteiger partial charge on any atom is 0.321 e. The molecule has 35 heavy (non-hydrogen) atoms. The number of carbonyl (C=O) groups excluding carboxylic acids is 1. The molecular formula is C25H25FN6O2S. The van der Waals surface area contributed by atoms with Gasteiger partial charge in [-0.15, -0.1) is 0 Å². The molecule has 1 saturated heterocycles. The Labute approximate surface area is 205 Å². The molecule has 1 aliphatic rings. The highest BCUT2D eigenvalue weighted by atomic mass is 32.1. The minimum Gasteiger partial charge on any atom is -0.322 e. The van der Waals surface area contributed by atoms with Crippen molar-refractivity contribution in [1.29, 1.82) is 0 Å². The van der Waals surface area contributed by atoms with Crippen LogP contribution in [0.2, 0.25) is 0 Å². The second kappa shape index (κ2) is 9.55. The fourth-order valence-electron chi connectivity index (χ4n) is 4.08. The predicted molar refractivity (Wildman–Crippen MR) is 134 cm³/mol. The molecule has 2 aromatic heterocycles. The SMILES string of the molecule is Cc1ccc(C)c(NC(=O)N2CCN(Cc3cc(=O)n4nc(-c5ccccc5F)sc4n3)CC2)c1. The summed E-state index contributed by atoms with van der Waals surface area (Å²) in [5.74, 6) is -0.390. The van der Waals surface area contributed by atoms with Crippen molar-refractivity contribution in [1.82, 2.24) is 24.4 Å². The van der Waals surface area contributed by atoms with Gasteiger partial charge >= 0.3 is 6.03 Å². The molecule has 8 nitrogen and oxygen atoms in total. The monoisotopic (exact) mass is 492 g/mol. The Morgan fingerprint density at radius 3 is 2.63 bits per heavy atom. The maximum absolute atomic E-state index is 14.2. The van der Waals surface area contributed by atoms with Crippen molar-refractivity contribution < 1.29 is 9.18 Å². The van der Waals surface area contributed by atoms with E-state index in [1.54, 1.807) is 23.1 Å². The molecule has 180 valence electrons. The summed E-state index contributed by atoms with van der Waals surface area (Å²) in [6, 6.07) is 13.7. The molecule has 0 unspecified atom stereocenters. The molecule has 2 aromatic carbocycles. The van der Waals surface area contributed by atoms with Crippen molar-refractivity contribution in [3.8, 4) is 10.6 Å². The van der Waals surface area contributed by atoms with Gasteiger partial charge in [-0.25, -0.2) is 14.2 Å². The normalized spacial score (nSPS) is 14.4. The summed E-state index contributed by atoms with van der Waals surface area (Å²) in [6.07, 6.45) is 0. The molecule has 1 aliphatic heterocycles. The van der Waals surface area contributed by atoms with Crippen molar-refractivity contribution >= 4 is 28.0 Å². The van der Waals surface area contributed by atoms with Gasteiger partial charge in [0.15, 0.2) is 5.01 Å².